The number of halogens is 3. The number of rotatable bonds is 6. The molecule has 27 heavy (non-hydrogen) atoms. The molecule has 0 aliphatic heterocycles. The standard InChI is InChI=1S/C17H14Cl3N5OS/c1-2-25-16(10-3-5-21-6-4-10)23-24-17(25)27-9-15(26)22-14-8-12(19)11(18)7-13(14)20/h3-8H,2,9H2,1H3,(H,22,26). The molecule has 2 aromatic heterocycles. The summed E-state index contributed by atoms with van der Waals surface area (Å²) in [6, 6.07) is 6.74. The van der Waals surface area contributed by atoms with E-state index in [2.05, 4.69) is 20.5 Å². The van der Waals surface area contributed by atoms with E-state index in [0.717, 1.165) is 11.4 Å². The highest BCUT2D eigenvalue weighted by molar-refractivity contribution is 7.99. The Morgan fingerprint density at radius 3 is 2.52 bits per heavy atom. The van der Waals surface area contributed by atoms with Crippen LogP contribution in [0.5, 0.6) is 0 Å². The van der Waals surface area contributed by atoms with Gasteiger partial charge in [0, 0.05) is 24.5 Å². The fraction of sp³-hybridized carbons (Fsp3) is 0.176. The molecular formula is C17H14Cl3N5OS. The summed E-state index contributed by atoms with van der Waals surface area (Å²) in [5.74, 6) is 0.636. The zero-order valence-corrected chi connectivity index (χ0v) is 17.2. The number of thioether (sulfide) groups is 1. The molecule has 3 rings (SSSR count). The second-order valence-electron chi connectivity index (χ2n) is 5.37. The van der Waals surface area contributed by atoms with Crippen LogP contribution in [0.2, 0.25) is 15.1 Å². The van der Waals surface area contributed by atoms with Gasteiger partial charge in [-0.1, -0.05) is 46.6 Å². The zero-order valence-electron chi connectivity index (χ0n) is 14.1. The first-order valence-electron chi connectivity index (χ1n) is 7.90. The minimum Gasteiger partial charge on any atom is -0.324 e. The average Bonchev–Trinajstić information content (AvgIpc) is 3.08. The van der Waals surface area contributed by atoms with Gasteiger partial charge in [0.2, 0.25) is 5.91 Å². The molecule has 0 atom stereocenters. The van der Waals surface area contributed by atoms with Crippen LogP contribution < -0.4 is 5.32 Å². The molecule has 0 fully saturated rings. The van der Waals surface area contributed by atoms with Gasteiger partial charge in [-0.25, -0.2) is 0 Å². The molecule has 10 heteroatoms. The number of amides is 1. The number of carbonyl (C=O) groups excluding carboxylic acids is 1. The van der Waals surface area contributed by atoms with Crippen molar-refractivity contribution in [2.75, 3.05) is 11.1 Å². The van der Waals surface area contributed by atoms with Gasteiger partial charge in [0.25, 0.3) is 0 Å². The van der Waals surface area contributed by atoms with E-state index in [1.54, 1.807) is 12.4 Å². The number of aromatic nitrogens is 4. The molecule has 0 aliphatic rings. The monoisotopic (exact) mass is 441 g/mol. The van der Waals surface area contributed by atoms with Crippen molar-refractivity contribution >= 4 is 58.2 Å². The molecule has 0 spiro atoms. The molecule has 140 valence electrons. The molecule has 1 aromatic carbocycles. The normalized spacial score (nSPS) is 10.8. The topological polar surface area (TPSA) is 72.7 Å². The maximum atomic E-state index is 12.3. The van der Waals surface area contributed by atoms with Crippen LogP contribution >= 0.6 is 46.6 Å². The predicted octanol–water partition coefficient (Wildman–Crippen LogP) is 5.05. The summed E-state index contributed by atoms with van der Waals surface area (Å²) in [6.07, 6.45) is 3.40. The van der Waals surface area contributed by atoms with Crippen molar-refractivity contribution in [3.63, 3.8) is 0 Å². The van der Waals surface area contributed by atoms with E-state index >= 15 is 0 Å². The Morgan fingerprint density at radius 1 is 1.11 bits per heavy atom. The Balaban J connectivity index is 1.69. The Hall–Kier alpha value is -1.80. The summed E-state index contributed by atoms with van der Waals surface area (Å²) in [7, 11) is 0. The lowest BCUT2D eigenvalue weighted by atomic mass is 10.2. The molecule has 0 aliphatic carbocycles. The molecule has 6 nitrogen and oxygen atoms in total. The minimum atomic E-state index is -0.239. The number of nitrogens with one attached hydrogen (secondary N) is 1. The second-order valence-corrected chi connectivity index (χ2v) is 7.53. The van der Waals surface area contributed by atoms with Gasteiger partial charge in [0.05, 0.1) is 26.5 Å². The molecule has 0 unspecified atom stereocenters. The van der Waals surface area contributed by atoms with Crippen LogP contribution in [-0.4, -0.2) is 31.4 Å². The third-order valence-electron chi connectivity index (χ3n) is 3.59. The third-order valence-corrected chi connectivity index (χ3v) is 5.59. The van der Waals surface area contributed by atoms with Crippen LogP contribution in [0.1, 0.15) is 6.92 Å². The SMILES string of the molecule is CCn1c(SCC(=O)Nc2cc(Cl)c(Cl)cc2Cl)nnc1-c1ccncc1. The van der Waals surface area contributed by atoms with E-state index in [4.69, 9.17) is 34.8 Å². The van der Waals surface area contributed by atoms with E-state index in [-0.39, 0.29) is 11.7 Å². The van der Waals surface area contributed by atoms with E-state index < -0.39 is 0 Å². The van der Waals surface area contributed by atoms with Crippen molar-refractivity contribution in [1.82, 2.24) is 19.7 Å². The van der Waals surface area contributed by atoms with Crippen molar-refractivity contribution in [2.24, 2.45) is 0 Å². The van der Waals surface area contributed by atoms with Gasteiger partial charge in [-0.15, -0.1) is 10.2 Å². The van der Waals surface area contributed by atoms with E-state index in [1.807, 2.05) is 23.6 Å². The number of carbonyl (C=O) groups is 1. The van der Waals surface area contributed by atoms with Crippen molar-refractivity contribution in [1.29, 1.82) is 0 Å². The minimum absolute atomic E-state index is 0.144. The molecule has 0 saturated carbocycles. The Morgan fingerprint density at radius 2 is 1.81 bits per heavy atom. The first-order valence-corrected chi connectivity index (χ1v) is 10.0. The van der Waals surface area contributed by atoms with Gasteiger partial charge < -0.3 is 9.88 Å². The summed E-state index contributed by atoms with van der Waals surface area (Å²) >= 11 is 19.2. The quantitative estimate of drug-likeness (QED) is 0.427. The van der Waals surface area contributed by atoms with Gasteiger partial charge >= 0.3 is 0 Å². The fourth-order valence-corrected chi connectivity index (χ4v) is 3.73. The average molecular weight is 443 g/mol. The van der Waals surface area contributed by atoms with E-state index in [0.29, 0.717) is 32.5 Å². The molecule has 1 amide bonds. The first kappa shape index (κ1) is 19.9. The lowest BCUT2D eigenvalue weighted by Crippen LogP contribution is -2.15. The van der Waals surface area contributed by atoms with Crippen LogP contribution in [0.3, 0.4) is 0 Å². The lowest BCUT2D eigenvalue weighted by molar-refractivity contribution is -0.113. The summed E-state index contributed by atoms with van der Waals surface area (Å²) in [5, 5.41) is 12.8. The first-order chi connectivity index (χ1) is 13.0. The van der Waals surface area contributed by atoms with E-state index in [1.165, 1.54) is 23.9 Å². The van der Waals surface area contributed by atoms with Crippen LogP contribution in [0.25, 0.3) is 11.4 Å². The zero-order chi connectivity index (χ0) is 19.4. The van der Waals surface area contributed by atoms with Crippen molar-refractivity contribution in [2.45, 2.75) is 18.6 Å². The number of hydrogen-bond acceptors (Lipinski definition) is 5. The molecule has 2 heterocycles. The molecular weight excluding hydrogens is 429 g/mol. The third kappa shape index (κ3) is 4.73. The number of hydrogen-bond donors (Lipinski definition) is 1. The highest BCUT2D eigenvalue weighted by Gasteiger charge is 2.15. The highest BCUT2D eigenvalue weighted by Crippen LogP contribution is 2.32. The van der Waals surface area contributed by atoms with Crippen molar-refractivity contribution in [3.05, 3.63) is 51.7 Å². The van der Waals surface area contributed by atoms with Gasteiger partial charge in [-0.2, -0.15) is 0 Å². The van der Waals surface area contributed by atoms with Gasteiger partial charge in [0.1, 0.15) is 0 Å². The van der Waals surface area contributed by atoms with Gasteiger partial charge in [0.15, 0.2) is 11.0 Å². The lowest BCUT2D eigenvalue weighted by Gasteiger charge is -2.09. The summed E-state index contributed by atoms with van der Waals surface area (Å²) in [6.45, 7) is 2.67. The Bertz CT molecular complexity index is 965. The van der Waals surface area contributed by atoms with Gasteiger partial charge in [-0.3, -0.25) is 9.78 Å². The maximum Gasteiger partial charge on any atom is 0.234 e. The van der Waals surface area contributed by atoms with Crippen molar-refractivity contribution < 1.29 is 4.79 Å². The number of benzene rings is 1. The van der Waals surface area contributed by atoms with Gasteiger partial charge in [-0.05, 0) is 31.2 Å². The second kappa shape index (κ2) is 8.93. The summed E-state index contributed by atoms with van der Waals surface area (Å²) in [5.41, 5.74) is 1.32. The fourth-order valence-electron chi connectivity index (χ4n) is 2.33. The molecule has 1 N–H and O–H groups in total. The largest absolute Gasteiger partial charge is 0.324 e. The summed E-state index contributed by atoms with van der Waals surface area (Å²) in [4.78, 5) is 16.3. The molecule has 0 saturated heterocycles. The smallest absolute Gasteiger partial charge is 0.234 e. The summed E-state index contributed by atoms with van der Waals surface area (Å²) < 4.78 is 1.94. The number of pyridine rings is 1. The van der Waals surface area contributed by atoms with Crippen LogP contribution in [-0.2, 0) is 11.3 Å². The maximum absolute atomic E-state index is 12.3. The predicted molar refractivity (Wildman–Crippen MR) is 110 cm³/mol. The molecule has 0 radical (unpaired) electrons. The number of anilines is 1. The number of nitrogens with zero attached hydrogens (tertiary/aromatic N) is 4. The van der Waals surface area contributed by atoms with Crippen LogP contribution in [0.15, 0.2) is 41.8 Å². The Labute approximate surface area is 175 Å². The van der Waals surface area contributed by atoms with E-state index in [9.17, 15) is 4.79 Å². The molecule has 0 bridgehead atoms. The van der Waals surface area contributed by atoms with Crippen LogP contribution in [0, 0.1) is 0 Å². The molecule has 3 aromatic rings. The van der Waals surface area contributed by atoms with Crippen LogP contribution in [0.4, 0.5) is 5.69 Å². The Kier molecular flexibility index (Phi) is 6.59. The highest BCUT2D eigenvalue weighted by atomic mass is 35.5. The van der Waals surface area contributed by atoms with Crippen molar-refractivity contribution in [3.8, 4) is 11.4 Å².